The van der Waals surface area contributed by atoms with E-state index in [0.29, 0.717) is 23.4 Å². The van der Waals surface area contributed by atoms with Crippen LogP contribution in [-0.4, -0.2) is 47.4 Å². The molecule has 30 heavy (non-hydrogen) atoms. The second-order valence-electron chi connectivity index (χ2n) is 7.93. The van der Waals surface area contributed by atoms with E-state index in [-0.39, 0.29) is 19.1 Å². The molecule has 0 unspecified atom stereocenters. The van der Waals surface area contributed by atoms with Crippen LogP contribution in [0.5, 0.6) is 0 Å². The summed E-state index contributed by atoms with van der Waals surface area (Å²) in [6, 6.07) is -0.528. The molecular weight excluding hydrogens is 406 g/mol. The van der Waals surface area contributed by atoms with E-state index < -0.39 is 23.4 Å². The number of aryl methyl sites for hydroxylation is 1. The number of amides is 4. The van der Waals surface area contributed by atoms with E-state index in [2.05, 4.69) is 10.6 Å². The molecule has 8 nitrogen and oxygen atoms in total. The van der Waals surface area contributed by atoms with Crippen LogP contribution >= 0.6 is 11.3 Å². The molecule has 9 heteroatoms. The Kier molecular flexibility index (Phi) is 6.80. The van der Waals surface area contributed by atoms with E-state index in [1.165, 1.54) is 11.3 Å². The molecule has 1 spiro atoms. The van der Waals surface area contributed by atoms with Gasteiger partial charge < -0.3 is 15.4 Å². The SMILES string of the molecule is CCOC(=O)c1c(NC(=O)CN2C(=O)NC3(CCCCCCC3)C2=O)sc(C)c1C. The smallest absolute Gasteiger partial charge is 0.341 e. The van der Waals surface area contributed by atoms with Gasteiger partial charge in [-0.3, -0.25) is 14.5 Å². The predicted molar refractivity (Wildman–Crippen MR) is 114 cm³/mol. The topological polar surface area (TPSA) is 105 Å². The first-order valence-corrected chi connectivity index (χ1v) is 11.3. The number of urea groups is 1. The molecule has 164 valence electrons. The third kappa shape index (κ3) is 4.35. The second kappa shape index (κ2) is 9.16. The van der Waals surface area contributed by atoms with Crippen molar-refractivity contribution in [3.8, 4) is 0 Å². The molecule has 0 radical (unpaired) electrons. The summed E-state index contributed by atoms with van der Waals surface area (Å²) in [6.45, 7) is 5.21. The van der Waals surface area contributed by atoms with Gasteiger partial charge in [-0.2, -0.15) is 0 Å². The van der Waals surface area contributed by atoms with E-state index >= 15 is 0 Å². The third-order valence-electron chi connectivity index (χ3n) is 5.87. The van der Waals surface area contributed by atoms with Gasteiger partial charge >= 0.3 is 12.0 Å². The van der Waals surface area contributed by atoms with Crippen LogP contribution in [0.25, 0.3) is 0 Å². The van der Waals surface area contributed by atoms with Crippen molar-refractivity contribution in [3.63, 3.8) is 0 Å². The molecule has 2 N–H and O–H groups in total. The van der Waals surface area contributed by atoms with Crippen molar-refractivity contribution in [1.29, 1.82) is 0 Å². The summed E-state index contributed by atoms with van der Waals surface area (Å²) in [5, 5.41) is 5.93. The van der Waals surface area contributed by atoms with Crippen LogP contribution in [0, 0.1) is 13.8 Å². The molecule has 1 aromatic heterocycles. The van der Waals surface area contributed by atoms with E-state index in [0.717, 1.165) is 47.4 Å². The van der Waals surface area contributed by atoms with E-state index in [1.807, 2.05) is 6.92 Å². The standard InChI is InChI=1S/C21H29N3O5S/c1-4-29-18(26)16-13(2)14(3)30-17(16)22-15(25)12-24-19(27)21(23-20(24)28)10-8-6-5-7-9-11-21/h4-12H2,1-3H3,(H,22,25)(H,23,28). The molecule has 0 aromatic carbocycles. The molecule has 2 heterocycles. The molecule has 1 aromatic rings. The quantitative estimate of drug-likeness (QED) is 0.544. The fourth-order valence-electron chi connectivity index (χ4n) is 4.14. The summed E-state index contributed by atoms with van der Waals surface area (Å²) in [7, 11) is 0. The number of imide groups is 1. The number of ether oxygens (including phenoxy) is 1. The van der Waals surface area contributed by atoms with Crippen LogP contribution < -0.4 is 10.6 Å². The molecule has 1 saturated carbocycles. The maximum absolute atomic E-state index is 13.1. The molecule has 1 saturated heterocycles. The maximum atomic E-state index is 13.1. The zero-order chi connectivity index (χ0) is 21.9. The van der Waals surface area contributed by atoms with Crippen molar-refractivity contribution < 1.29 is 23.9 Å². The molecule has 0 bridgehead atoms. The van der Waals surface area contributed by atoms with E-state index in [9.17, 15) is 19.2 Å². The van der Waals surface area contributed by atoms with Gasteiger partial charge in [0.1, 0.15) is 17.1 Å². The molecule has 1 aliphatic carbocycles. The molecule has 2 aliphatic rings. The largest absolute Gasteiger partial charge is 0.462 e. The number of carbonyl (C=O) groups excluding carboxylic acids is 4. The maximum Gasteiger partial charge on any atom is 0.341 e. The average Bonchev–Trinajstić information content (AvgIpc) is 3.07. The number of rotatable bonds is 5. The fourth-order valence-corrected chi connectivity index (χ4v) is 5.21. The summed E-state index contributed by atoms with van der Waals surface area (Å²) in [6.07, 6.45) is 6.19. The number of hydrogen-bond acceptors (Lipinski definition) is 6. The molecule has 0 atom stereocenters. The Morgan fingerprint density at radius 2 is 1.77 bits per heavy atom. The summed E-state index contributed by atoms with van der Waals surface area (Å²) in [5.74, 6) is -1.35. The monoisotopic (exact) mass is 435 g/mol. The third-order valence-corrected chi connectivity index (χ3v) is 7.00. The average molecular weight is 436 g/mol. The van der Waals surface area contributed by atoms with Gasteiger partial charge in [0.15, 0.2) is 0 Å². The number of esters is 1. The minimum atomic E-state index is -0.885. The minimum Gasteiger partial charge on any atom is -0.462 e. The van der Waals surface area contributed by atoms with Crippen LogP contribution in [0.2, 0.25) is 0 Å². The zero-order valence-electron chi connectivity index (χ0n) is 17.8. The summed E-state index contributed by atoms with van der Waals surface area (Å²) in [5.41, 5.74) is 0.183. The van der Waals surface area contributed by atoms with Crippen molar-refractivity contribution in [2.24, 2.45) is 0 Å². The lowest BCUT2D eigenvalue weighted by Gasteiger charge is -2.28. The minimum absolute atomic E-state index is 0.227. The van der Waals surface area contributed by atoms with Crippen LogP contribution in [-0.2, 0) is 14.3 Å². The lowest BCUT2D eigenvalue weighted by Crippen LogP contribution is -2.47. The first-order valence-electron chi connectivity index (χ1n) is 10.5. The van der Waals surface area contributed by atoms with Crippen LogP contribution in [0.4, 0.5) is 9.80 Å². The Morgan fingerprint density at radius 3 is 2.40 bits per heavy atom. The molecule has 4 amide bonds. The van der Waals surface area contributed by atoms with Crippen LogP contribution in [0.1, 0.15) is 72.7 Å². The van der Waals surface area contributed by atoms with Gasteiger partial charge in [-0.15, -0.1) is 11.3 Å². The Balaban J connectivity index is 1.72. The highest BCUT2D eigenvalue weighted by molar-refractivity contribution is 7.16. The number of nitrogens with zero attached hydrogens (tertiary/aromatic N) is 1. The van der Waals surface area contributed by atoms with Gasteiger partial charge in [0, 0.05) is 4.88 Å². The summed E-state index contributed by atoms with van der Waals surface area (Å²) < 4.78 is 5.10. The molecule has 1 aliphatic heterocycles. The Bertz CT molecular complexity index is 855. The molecular formula is C21H29N3O5S. The number of carbonyl (C=O) groups is 4. The molecule has 2 fully saturated rings. The second-order valence-corrected chi connectivity index (χ2v) is 9.15. The number of anilines is 1. The highest BCUT2D eigenvalue weighted by Gasteiger charge is 2.50. The highest BCUT2D eigenvalue weighted by Crippen LogP contribution is 2.34. The lowest BCUT2D eigenvalue weighted by molar-refractivity contribution is -0.134. The first kappa shape index (κ1) is 22.3. The van der Waals surface area contributed by atoms with E-state index in [1.54, 1.807) is 13.8 Å². The number of hydrogen-bond donors (Lipinski definition) is 2. The Labute approximate surface area is 180 Å². The Morgan fingerprint density at radius 1 is 1.13 bits per heavy atom. The van der Waals surface area contributed by atoms with Crippen molar-refractivity contribution in [2.75, 3.05) is 18.5 Å². The summed E-state index contributed by atoms with van der Waals surface area (Å²) >= 11 is 1.27. The normalized spacial score (nSPS) is 18.7. The van der Waals surface area contributed by atoms with Gasteiger partial charge in [-0.1, -0.05) is 32.1 Å². The number of nitrogens with one attached hydrogen (secondary N) is 2. The van der Waals surface area contributed by atoms with Gasteiger partial charge in [-0.05, 0) is 39.2 Å². The van der Waals surface area contributed by atoms with Gasteiger partial charge in [-0.25, -0.2) is 9.59 Å². The van der Waals surface area contributed by atoms with Gasteiger partial charge in [0.25, 0.3) is 5.91 Å². The Hall–Kier alpha value is -2.42. The van der Waals surface area contributed by atoms with E-state index in [4.69, 9.17) is 4.74 Å². The summed E-state index contributed by atoms with van der Waals surface area (Å²) in [4.78, 5) is 52.4. The van der Waals surface area contributed by atoms with Gasteiger partial charge in [0.2, 0.25) is 5.91 Å². The van der Waals surface area contributed by atoms with Crippen molar-refractivity contribution >= 4 is 40.2 Å². The highest BCUT2D eigenvalue weighted by atomic mass is 32.1. The first-order chi connectivity index (χ1) is 14.3. The zero-order valence-corrected chi connectivity index (χ0v) is 18.6. The van der Waals surface area contributed by atoms with Crippen LogP contribution in [0.3, 0.4) is 0 Å². The predicted octanol–water partition coefficient (Wildman–Crippen LogP) is 3.52. The molecule has 3 rings (SSSR count). The van der Waals surface area contributed by atoms with Crippen molar-refractivity contribution in [3.05, 3.63) is 16.0 Å². The van der Waals surface area contributed by atoms with Crippen molar-refractivity contribution in [1.82, 2.24) is 10.2 Å². The van der Waals surface area contributed by atoms with Crippen molar-refractivity contribution in [2.45, 2.75) is 71.3 Å². The lowest BCUT2D eigenvalue weighted by atomic mass is 9.84. The number of thiophene rings is 1. The fraction of sp³-hybridized carbons (Fsp3) is 0.619. The van der Waals surface area contributed by atoms with Crippen LogP contribution in [0.15, 0.2) is 0 Å². The van der Waals surface area contributed by atoms with Gasteiger partial charge in [0.05, 0.1) is 12.2 Å².